The van der Waals surface area contributed by atoms with Gasteiger partial charge >= 0.3 is 12.1 Å². The van der Waals surface area contributed by atoms with Crippen molar-refractivity contribution in [2.75, 3.05) is 202 Å². The number of carbonyl (C=O) groups is 10. The molecule has 4 aromatic carbocycles. The number of carboxylic acids is 1. The molecule has 38 nitrogen and oxygen atoms in total. The number of carboxylic acid groups (broad SMARTS) is 1. The summed E-state index contributed by atoms with van der Waals surface area (Å²) in [6.07, 6.45) is 2.29. The van der Waals surface area contributed by atoms with E-state index in [4.69, 9.17) is 67.3 Å². The summed E-state index contributed by atoms with van der Waals surface area (Å²) in [5, 5.41) is 44.1. The van der Waals surface area contributed by atoms with E-state index < -0.39 is 106 Å². The second kappa shape index (κ2) is 62.4. The number of methoxy groups -OCH3 is 1. The molecule has 1 aliphatic heterocycles. The molecule has 134 heavy (non-hydrogen) atoms. The molecule has 12 N–H and O–H groups in total. The lowest BCUT2D eigenvalue weighted by molar-refractivity contribution is -0.141. The molecule has 0 bridgehead atoms. The molecule has 0 aliphatic carbocycles. The number of ether oxygens (including phenoxy) is 13. The van der Waals surface area contributed by atoms with Crippen molar-refractivity contribution in [2.45, 2.75) is 175 Å². The molecule has 0 fully saturated rings. The van der Waals surface area contributed by atoms with E-state index in [2.05, 4.69) is 57.9 Å². The molecule has 1 aliphatic rings. The summed E-state index contributed by atoms with van der Waals surface area (Å²) in [6, 6.07) is 22.3. The monoisotopic (exact) mass is 1880 g/mol. The van der Waals surface area contributed by atoms with Crippen molar-refractivity contribution in [3.05, 3.63) is 125 Å². The van der Waals surface area contributed by atoms with Crippen LogP contribution in [-0.2, 0) is 123 Å². The number of nitrogens with two attached hydrogens (primary N) is 1. The number of aliphatic carboxylic acids is 1. The second-order valence-electron chi connectivity index (χ2n) is 34.4. The molecule has 5 aromatic rings. The SMILES string of the molecule is CNC(C(=O)NC(C(=O)N(C)C(/C=C(\C)C(=O)O)C(C)C)C(C)(C)C)C(C)(C)c1cccc(NC(=O)OCc2ccc(NC(=O)C(CCCCN)NC(=O)C(NC(=O)C(CNC(=O)CCOCCOCCOCCOCCOCCOCCOCCOCCOCCOCCOCCOC)NC(=O)CCCCC(=O)N3Cc4ccccc4-c4n[nH]nc4-c4ccccc43)C(C)C)cc2)c1. The van der Waals surface area contributed by atoms with E-state index in [-0.39, 0.29) is 89.0 Å². The fourth-order valence-corrected chi connectivity index (χ4v) is 14.3. The highest BCUT2D eigenvalue weighted by atomic mass is 16.6. The topological polar surface area (TPSA) is 481 Å². The van der Waals surface area contributed by atoms with Gasteiger partial charge in [-0.2, -0.15) is 15.4 Å². The first-order chi connectivity index (χ1) is 64.4. The summed E-state index contributed by atoms with van der Waals surface area (Å²) >= 11 is 0. The fraction of sp³-hybridized carbons (Fsp3) is 0.604. The Hall–Kier alpha value is -10.3. The van der Waals surface area contributed by atoms with Crippen LogP contribution in [0.25, 0.3) is 22.5 Å². The van der Waals surface area contributed by atoms with Gasteiger partial charge in [0.2, 0.25) is 47.3 Å². The van der Waals surface area contributed by atoms with Gasteiger partial charge in [-0.25, -0.2) is 9.59 Å². The van der Waals surface area contributed by atoms with Crippen LogP contribution in [0.4, 0.5) is 21.9 Å². The van der Waals surface area contributed by atoms with Gasteiger partial charge in [0.15, 0.2) is 0 Å². The first-order valence-electron chi connectivity index (χ1n) is 46.1. The number of hydrogen-bond acceptors (Lipinski definition) is 27. The molecule has 2 heterocycles. The quantitative estimate of drug-likeness (QED) is 0.0133. The molecule has 0 spiro atoms. The Kier molecular flexibility index (Phi) is 52.3. The minimum atomic E-state index is -1.40. The van der Waals surface area contributed by atoms with Gasteiger partial charge < -0.3 is 119 Å². The number of aromatic nitrogens is 3. The number of likely N-dealkylation sites (N-methyl/N-ethyl adjacent to an activating group) is 2. The lowest BCUT2D eigenvalue weighted by Gasteiger charge is -2.40. The number of H-pyrrole nitrogens is 1. The highest BCUT2D eigenvalue weighted by Gasteiger charge is 2.43. The van der Waals surface area contributed by atoms with E-state index in [1.54, 1.807) is 88.5 Å². The second-order valence-corrected chi connectivity index (χ2v) is 34.4. The molecule has 6 rings (SSSR count). The number of nitrogens with one attached hydrogen (secondary N) is 9. The predicted octanol–water partition coefficient (Wildman–Crippen LogP) is 7.42. The van der Waals surface area contributed by atoms with Gasteiger partial charge in [0.05, 0.1) is 176 Å². The first kappa shape index (κ1) is 112. The van der Waals surface area contributed by atoms with Crippen molar-refractivity contribution in [2.24, 2.45) is 23.0 Å². The Balaban J connectivity index is 0.956. The molecule has 0 radical (unpaired) electrons. The summed E-state index contributed by atoms with van der Waals surface area (Å²) in [5.74, 6) is -5.99. The van der Waals surface area contributed by atoms with Gasteiger partial charge in [0.25, 0.3) is 0 Å². The van der Waals surface area contributed by atoms with Crippen molar-refractivity contribution in [3.8, 4) is 22.5 Å². The number of carbonyl (C=O) groups excluding carboxylic acids is 9. The van der Waals surface area contributed by atoms with Crippen LogP contribution in [0.1, 0.15) is 137 Å². The summed E-state index contributed by atoms with van der Waals surface area (Å²) in [4.78, 5) is 142. The first-order valence-corrected chi connectivity index (χ1v) is 46.1. The van der Waals surface area contributed by atoms with Crippen LogP contribution >= 0.6 is 0 Å². The Morgan fingerprint density at radius 3 is 1.57 bits per heavy atom. The summed E-state index contributed by atoms with van der Waals surface area (Å²) in [6.45, 7) is 27.0. The number of nitrogens with zero attached hydrogens (tertiary/aromatic N) is 4. The maximum absolute atomic E-state index is 14.6. The molecule has 744 valence electrons. The van der Waals surface area contributed by atoms with Gasteiger partial charge in [-0.1, -0.05) is 135 Å². The summed E-state index contributed by atoms with van der Waals surface area (Å²) < 4.78 is 71.4. The van der Waals surface area contributed by atoms with Crippen LogP contribution in [0.3, 0.4) is 0 Å². The summed E-state index contributed by atoms with van der Waals surface area (Å²) in [7, 11) is 4.86. The van der Waals surface area contributed by atoms with Gasteiger partial charge in [-0.3, -0.25) is 43.7 Å². The van der Waals surface area contributed by atoms with E-state index >= 15 is 0 Å². The molecular formula is C96H146N14O24. The Morgan fingerprint density at radius 2 is 1.05 bits per heavy atom. The standard InChI is InChI=1S/C96H146N14O24/c1-66(2)79(61-68(5)93(119)120)109(12)92(118)87(95(6,7)8)105-91(117)86(98-11)96(9,10)71-24-22-25-73(62-71)101-94(121)134-65-69-32-34-72(35-33-69)100-88(114)76(28-20-21-37-97)103-90(116)83(67(3)4)104-89(115)77(102-81(112)30-18-19-31-82(113)110-64-70-23-14-15-26-74(70)84-85(107-108-106-84)75-27-16-17-29-78(75)110)63-99-80(111)36-38-123-41-42-125-45-46-127-49-50-129-53-54-131-57-58-133-60-59-132-56-55-130-52-51-128-48-47-126-44-43-124-40-39-122-13/h14-17,22-27,29,32-35,61-62,66-67,76-77,79,83,86-87,98H,18-21,28,30-31,36-60,63-65,97H2,1-13H3,(H,99,111)(H,100,114)(H,101,121)(H,102,112)(H,103,116)(H,104,115)(H,105,117)(H,119,120)(H,106,107,108)/b68-61+. The van der Waals surface area contributed by atoms with E-state index in [0.717, 1.165) is 16.7 Å². The number of anilines is 3. The van der Waals surface area contributed by atoms with Crippen molar-refractivity contribution < 1.29 is 115 Å². The van der Waals surface area contributed by atoms with Crippen molar-refractivity contribution in [1.29, 1.82) is 0 Å². The Bertz CT molecular complexity index is 4390. The van der Waals surface area contributed by atoms with E-state index in [0.29, 0.717) is 198 Å². The smallest absolute Gasteiger partial charge is 0.411 e. The minimum Gasteiger partial charge on any atom is -0.478 e. The maximum atomic E-state index is 14.6. The van der Waals surface area contributed by atoms with Gasteiger partial charge in [-0.15, -0.1) is 0 Å². The van der Waals surface area contributed by atoms with Gasteiger partial charge in [-0.05, 0) is 117 Å². The Labute approximate surface area is 787 Å². The van der Waals surface area contributed by atoms with Gasteiger partial charge in [0, 0.05) is 73.5 Å². The average Bonchev–Trinajstić information content (AvgIpc) is 1.52. The molecule has 6 unspecified atom stereocenters. The fourth-order valence-electron chi connectivity index (χ4n) is 14.3. The van der Waals surface area contributed by atoms with E-state index in [1.165, 1.54) is 11.8 Å². The number of aromatic amines is 1. The zero-order chi connectivity index (χ0) is 97.6. The lowest BCUT2D eigenvalue weighted by atomic mass is 9.76. The van der Waals surface area contributed by atoms with Crippen LogP contribution in [0.5, 0.6) is 0 Å². The zero-order valence-corrected chi connectivity index (χ0v) is 80.4. The van der Waals surface area contributed by atoms with Crippen LogP contribution in [-0.4, -0.2) is 307 Å². The minimum absolute atomic E-state index is 0.00111. The molecule has 0 saturated heterocycles. The normalized spacial score (nSPS) is 13.5. The number of fused-ring (bicyclic) bond motifs is 5. The molecule has 9 amide bonds. The van der Waals surface area contributed by atoms with Crippen LogP contribution in [0.15, 0.2) is 109 Å². The highest BCUT2D eigenvalue weighted by molar-refractivity contribution is 6.01. The molecule has 38 heteroatoms. The maximum Gasteiger partial charge on any atom is 0.411 e. The van der Waals surface area contributed by atoms with Crippen LogP contribution in [0.2, 0.25) is 0 Å². The Morgan fingerprint density at radius 1 is 0.530 bits per heavy atom. The van der Waals surface area contributed by atoms with Crippen molar-refractivity contribution >= 4 is 76.4 Å². The number of para-hydroxylation sites is 1. The van der Waals surface area contributed by atoms with E-state index in [9.17, 15) is 53.1 Å². The third-order valence-electron chi connectivity index (χ3n) is 21.9. The molecule has 0 saturated carbocycles. The third kappa shape index (κ3) is 40.7. The van der Waals surface area contributed by atoms with E-state index in [1.807, 2.05) is 103 Å². The molecular weight excluding hydrogens is 1730 g/mol. The van der Waals surface area contributed by atoms with Crippen LogP contribution in [0, 0.1) is 17.3 Å². The van der Waals surface area contributed by atoms with Gasteiger partial charge in [0.1, 0.15) is 42.2 Å². The van der Waals surface area contributed by atoms with Crippen molar-refractivity contribution in [1.82, 2.24) is 52.2 Å². The third-order valence-corrected chi connectivity index (χ3v) is 21.9. The number of amides is 9. The van der Waals surface area contributed by atoms with Crippen LogP contribution < -0.4 is 53.2 Å². The lowest BCUT2D eigenvalue weighted by Crippen LogP contribution is -2.61. The number of benzene rings is 4. The largest absolute Gasteiger partial charge is 0.478 e. The highest BCUT2D eigenvalue weighted by Crippen LogP contribution is 2.40. The molecule has 1 aromatic heterocycles. The summed E-state index contributed by atoms with van der Waals surface area (Å²) in [5.41, 5.74) is 10.6. The predicted molar refractivity (Wildman–Crippen MR) is 504 cm³/mol. The number of rotatable bonds is 68. The van der Waals surface area contributed by atoms with Crippen molar-refractivity contribution in [3.63, 3.8) is 0 Å². The number of unbranched alkanes of at least 4 members (excludes halogenated alkanes) is 2. The average molecular weight is 1880 g/mol. The number of hydrogen-bond donors (Lipinski definition) is 11. The zero-order valence-electron chi connectivity index (χ0n) is 80.4. The molecule has 6 atom stereocenters.